The first-order valence-electron chi connectivity index (χ1n) is 5.73. The Labute approximate surface area is 101 Å². The zero-order valence-electron chi connectivity index (χ0n) is 9.78. The van der Waals surface area contributed by atoms with Crippen molar-refractivity contribution in [3.8, 4) is 6.07 Å². The van der Waals surface area contributed by atoms with Crippen molar-refractivity contribution >= 4 is 6.08 Å². The van der Waals surface area contributed by atoms with Gasteiger partial charge in [-0.1, -0.05) is 24.3 Å². The van der Waals surface area contributed by atoms with Gasteiger partial charge in [-0.15, -0.1) is 0 Å². The molecule has 2 rings (SSSR count). The van der Waals surface area contributed by atoms with E-state index < -0.39 is 5.54 Å². The Bertz CT molecular complexity index is 501. The SMILES string of the molecule is C/C=C/c1ccc(C2CC[C@@]2(N)C#N)c(F)c1. The standard InChI is InChI=1S/C14H15FN2/c1-2-3-10-4-5-11(13(15)8-10)12-6-7-14(12,17)9-16/h2-5,8,12H,6-7,17H2,1H3/b3-2+/t12?,14-/m1/s1. The van der Waals surface area contributed by atoms with E-state index in [1.54, 1.807) is 6.07 Å². The van der Waals surface area contributed by atoms with Gasteiger partial charge >= 0.3 is 0 Å². The average molecular weight is 230 g/mol. The van der Waals surface area contributed by atoms with Crippen LogP contribution in [-0.4, -0.2) is 5.54 Å². The van der Waals surface area contributed by atoms with Crippen LogP contribution in [-0.2, 0) is 0 Å². The average Bonchev–Trinajstić information content (AvgIpc) is 2.30. The van der Waals surface area contributed by atoms with Crippen LogP contribution in [0.5, 0.6) is 0 Å². The molecule has 1 aromatic carbocycles. The third-order valence-corrected chi connectivity index (χ3v) is 3.44. The van der Waals surface area contributed by atoms with Gasteiger partial charge in [-0.2, -0.15) is 5.26 Å². The first-order chi connectivity index (χ1) is 8.10. The second-order valence-electron chi connectivity index (χ2n) is 4.52. The second-order valence-corrected chi connectivity index (χ2v) is 4.52. The van der Waals surface area contributed by atoms with Crippen LogP contribution >= 0.6 is 0 Å². The minimum absolute atomic E-state index is 0.174. The number of benzene rings is 1. The second kappa shape index (κ2) is 4.31. The zero-order valence-corrected chi connectivity index (χ0v) is 9.78. The maximum Gasteiger partial charge on any atom is 0.127 e. The summed E-state index contributed by atoms with van der Waals surface area (Å²) in [5.41, 5.74) is 6.41. The van der Waals surface area contributed by atoms with Gasteiger partial charge in [0.05, 0.1) is 6.07 Å². The largest absolute Gasteiger partial charge is 0.313 e. The number of rotatable bonds is 2. The number of hydrogen-bond acceptors (Lipinski definition) is 2. The fourth-order valence-corrected chi connectivity index (χ4v) is 2.29. The van der Waals surface area contributed by atoms with Crippen LogP contribution in [0.2, 0.25) is 0 Å². The lowest BCUT2D eigenvalue weighted by Crippen LogP contribution is -2.52. The Balaban J connectivity index is 2.32. The summed E-state index contributed by atoms with van der Waals surface area (Å²) in [6.45, 7) is 1.89. The number of nitrogens with zero attached hydrogens (tertiary/aromatic N) is 1. The van der Waals surface area contributed by atoms with Crippen LogP contribution in [0.3, 0.4) is 0 Å². The molecule has 3 heteroatoms. The Morgan fingerprint density at radius 1 is 1.59 bits per heavy atom. The molecule has 2 atom stereocenters. The van der Waals surface area contributed by atoms with Crippen molar-refractivity contribution in [2.24, 2.45) is 5.73 Å². The minimum Gasteiger partial charge on any atom is -0.313 e. The van der Waals surface area contributed by atoms with Crippen LogP contribution in [0.25, 0.3) is 6.08 Å². The molecule has 1 fully saturated rings. The predicted octanol–water partition coefficient (Wildman–Crippen LogP) is 2.96. The van der Waals surface area contributed by atoms with E-state index in [0.717, 1.165) is 12.0 Å². The first-order valence-corrected chi connectivity index (χ1v) is 5.73. The van der Waals surface area contributed by atoms with Crippen LogP contribution < -0.4 is 5.73 Å². The Morgan fingerprint density at radius 2 is 2.35 bits per heavy atom. The van der Waals surface area contributed by atoms with Gasteiger partial charge in [0.15, 0.2) is 0 Å². The van der Waals surface area contributed by atoms with E-state index in [-0.39, 0.29) is 11.7 Å². The van der Waals surface area contributed by atoms with Crippen LogP contribution in [0.15, 0.2) is 24.3 Å². The maximum absolute atomic E-state index is 13.9. The normalized spacial score (nSPS) is 27.8. The monoisotopic (exact) mass is 230 g/mol. The van der Waals surface area contributed by atoms with Crippen molar-refractivity contribution in [3.05, 3.63) is 41.2 Å². The Morgan fingerprint density at radius 3 is 2.82 bits per heavy atom. The summed E-state index contributed by atoms with van der Waals surface area (Å²) in [6.07, 6.45) is 5.13. The van der Waals surface area contributed by atoms with E-state index in [1.165, 1.54) is 6.07 Å². The molecule has 0 heterocycles. The molecule has 1 unspecified atom stereocenters. The molecule has 0 bridgehead atoms. The molecule has 88 valence electrons. The number of nitriles is 1. The summed E-state index contributed by atoms with van der Waals surface area (Å²) in [5.74, 6) is -0.442. The molecule has 0 aliphatic heterocycles. The zero-order chi connectivity index (χ0) is 12.5. The first kappa shape index (κ1) is 11.8. The molecule has 0 spiro atoms. The lowest BCUT2D eigenvalue weighted by Gasteiger charge is -2.41. The molecule has 1 aromatic rings. The van der Waals surface area contributed by atoms with Gasteiger partial charge in [0.2, 0.25) is 0 Å². The molecule has 0 saturated heterocycles. The van der Waals surface area contributed by atoms with E-state index in [0.29, 0.717) is 12.0 Å². The van der Waals surface area contributed by atoms with Crippen molar-refractivity contribution < 1.29 is 4.39 Å². The number of nitrogens with two attached hydrogens (primary N) is 1. The van der Waals surface area contributed by atoms with E-state index in [9.17, 15) is 4.39 Å². The number of allylic oxidation sites excluding steroid dienone is 1. The Hall–Kier alpha value is -1.66. The van der Waals surface area contributed by atoms with Crippen LogP contribution in [0.1, 0.15) is 36.8 Å². The van der Waals surface area contributed by atoms with E-state index in [2.05, 4.69) is 6.07 Å². The van der Waals surface area contributed by atoms with Crippen LogP contribution in [0.4, 0.5) is 4.39 Å². The van der Waals surface area contributed by atoms with Gasteiger partial charge in [-0.3, -0.25) is 0 Å². The highest BCUT2D eigenvalue weighted by Gasteiger charge is 2.45. The highest BCUT2D eigenvalue weighted by atomic mass is 19.1. The van der Waals surface area contributed by atoms with Crippen LogP contribution in [0, 0.1) is 17.1 Å². The van der Waals surface area contributed by atoms with Crippen molar-refractivity contribution in [1.29, 1.82) is 5.26 Å². The molecular formula is C14H15FN2. The molecule has 17 heavy (non-hydrogen) atoms. The van der Waals surface area contributed by atoms with Crippen molar-refractivity contribution in [2.45, 2.75) is 31.2 Å². The summed E-state index contributed by atoms with van der Waals surface area (Å²) < 4.78 is 13.9. The summed E-state index contributed by atoms with van der Waals surface area (Å²) in [4.78, 5) is 0. The van der Waals surface area contributed by atoms with Gasteiger partial charge in [0.25, 0.3) is 0 Å². The molecule has 0 radical (unpaired) electrons. The fraction of sp³-hybridized carbons (Fsp3) is 0.357. The quantitative estimate of drug-likeness (QED) is 0.849. The van der Waals surface area contributed by atoms with E-state index >= 15 is 0 Å². The molecule has 1 saturated carbocycles. The topological polar surface area (TPSA) is 49.8 Å². The molecule has 0 amide bonds. The molecule has 1 aliphatic carbocycles. The predicted molar refractivity (Wildman–Crippen MR) is 65.6 cm³/mol. The molecule has 2 N–H and O–H groups in total. The van der Waals surface area contributed by atoms with Crippen molar-refractivity contribution in [3.63, 3.8) is 0 Å². The number of hydrogen-bond donors (Lipinski definition) is 1. The smallest absolute Gasteiger partial charge is 0.127 e. The summed E-state index contributed by atoms with van der Waals surface area (Å²) in [5, 5.41) is 9.00. The highest BCUT2D eigenvalue weighted by Crippen LogP contribution is 2.44. The van der Waals surface area contributed by atoms with Gasteiger partial charge in [0.1, 0.15) is 11.4 Å². The van der Waals surface area contributed by atoms with E-state index in [4.69, 9.17) is 11.0 Å². The summed E-state index contributed by atoms with van der Waals surface area (Å²) in [6, 6.07) is 7.18. The highest BCUT2D eigenvalue weighted by molar-refractivity contribution is 5.50. The molecule has 0 aromatic heterocycles. The van der Waals surface area contributed by atoms with Crippen molar-refractivity contribution in [2.75, 3.05) is 0 Å². The van der Waals surface area contributed by atoms with Gasteiger partial charge in [-0.05, 0) is 37.0 Å². The maximum atomic E-state index is 13.9. The van der Waals surface area contributed by atoms with Gasteiger partial charge in [0, 0.05) is 5.92 Å². The minimum atomic E-state index is -0.886. The lowest BCUT2D eigenvalue weighted by molar-refractivity contribution is 0.259. The summed E-state index contributed by atoms with van der Waals surface area (Å²) >= 11 is 0. The third-order valence-electron chi connectivity index (χ3n) is 3.44. The Kier molecular flexibility index (Phi) is 2.99. The molecule has 1 aliphatic rings. The number of halogens is 1. The van der Waals surface area contributed by atoms with E-state index in [1.807, 2.05) is 25.1 Å². The van der Waals surface area contributed by atoms with Gasteiger partial charge in [-0.25, -0.2) is 4.39 Å². The fourth-order valence-electron chi connectivity index (χ4n) is 2.29. The molecule has 2 nitrogen and oxygen atoms in total. The van der Waals surface area contributed by atoms with Gasteiger partial charge < -0.3 is 5.73 Å². The third kappa shape index (κ3) is 1.96. The molecular weight excluding hydrogens is 215 g/mol. The summed E-state index contributed by atoms with van der Waals surface area (Å²) in [7, 11) is 0. The lowest BCUT2D eigenvalue weighted by atomic mass is 9.65. The van der Waals surface area contributed by atoms with Crippen molar-refractivity contribution in [1.82, 2.24) is 0 Å².